The molecule has 2 aromatic rings. The third-order valence-corrected chi connectivity index (χ3v) is 6.92. The van der Waals surface area contributed by atoms with Crippen molar-refractivity contribution in [2.75, 3.05) is 7.11 Å². The van der Waals surface area contributed by atoms with Gasteiger partial charge in [0, 0.05) is 12.2 Å². The molecule has 2 heterocycles. The van der Waals surface area contributed by atoms with E-state index in [4.69, 9.17) is 9.73 Å². The van der Waals surface area contributed by atoms with Gasteiger partial charge in [0.25, 0.3) is 0 Å². The summed E-state index contributed by atoms with van der Waals surface area (Å²) in [4.78, 5) is 32.7. The lowest BCUT2D eigenvalue weighted by Gasteiger charge is -2.37. The quantitative estimate of drug-likeness (QED) is 0.561. The van der Waals surface area contributed by atoms with Gasteiger partial charge < -0.3 is 15.0 Å². The third kappa shape index (κ3) is 4.80. The Labute approximate surface area is 204 Å². The van der Waals surface area contributed by atoms with E-state index in [2.05, 4.69) is 23.5 Å². The number of carbonyl (C=O) groups is 2. The van der Waals surface area contributed by atoms with E-state index in [1.165, 1.54) is 18.9 Å². The van der Waals surface area contributed by atoms with E-state index < -0.39 is 12.0 Å². The molecule has 0 saturated heterocycles. The first-order valence-electron chi connectivity index (χ1n) is 11.4. The number of nitrogens with one attached hydrogen (secondary N) is 1. The van der Waals surface area contributed by atoms with Crippen molar-refractivity contribution in [2.45, 2.75) is 46.2 Å². The first kappa shape index (κ1) is 23.8. The van der Waals surface area contributed by atoms with Crippen LogP contribution >= 0.6 is 11.8 Å². The number of methoxy groups -OCH3 is 1. The lowest BCUT2D eigenvalue weighted by atomic mass is 9.89. The van der Waals surface area contributed by atoms with E-state index in [0.29, 0.717) is 18.5 Å². The summed E-state index contributed by atoms with van der Waals surface area (Å²) in [5.74, 6) is -0.475. The lowest BCUT2D eigenvalue weighted by molar-refractivity contribution is -0.136. The van der Waals surface area contributed by atoms with Crippen molar-refractivity contribution in [3.63, 3.8) is 0 Å². The van der Waals surface area contributed by atoms with Crippen LogP contribution in [0.25, 0.3) is 0 Å². The molecule has 0 aliphatic carbocycles. The van der Waals surface area contributed by atoms with Crippen LogP contribution in [0.2, 0.25) is 0 Å². The molecule has 0 aromatic heterocycles. The topological polar surface area (TPSA) is 71.0 Å². The Hall–Kier alpha value is -3.32. The molecule has 7 heteroatoms. The van der Waals surface area contributed by atoms with Crippen LogP contribution in [-0.4, -0.2) is 29.1 Å². The second-order valence-corrected chi connectivity index (χ2v) is 9.24. The van der Waals surface area contributed by atoms with Crippen molar-refractivity contribution in [3.8, 4) is 0 Å². The van der Waals surface area contributed by atoms with Crippen LogP contribution in [0.1, 0.15) is 48.1 Å². The molecule has 4 rings (SSSR count). The zero-order valence-electron chi connectivity index (χ0n) is 19.9. The molecule has 0 spiro atoms. The number of hydrogen-bond donors (Lipinski definition) is 1. The molecule has 1 unspecified atom stereocenters. The van der Waals surface area contributed by atoms with Gasteiger partial charge >= 0.3 is 5.97 Å². The second-order valence-electron chi connectivity index (χ2n) is 8.40. The monoisotopic (exact) mass is 475 g/mol. The minimum absolute atomic E-state index is 0.0819. The van der Waals surface area contributed by atoms with Gasteiger partial charge in [-0.2, -0.15) is 0 Å². The second kappa shape index (κ2) is 10.3. The predicted molar refractivity (Wildman–Crippen MR) is 136 cm³/mol. The van der Waals surface area contributed by atoms with Gasteiger partial charge in [-0.15, -0.1) is 0 Å². The van der Waals surface area contributed by atoms with Gasteiger partial charge in [-0.05, 0) is 42.4 Å². The number of carbonyl (C=O) groups excluding carboxylic acids is 2. The molecule has 1 atom stereocenters. The Kier molecular flexibility index (Phi) is 7.22. The molecule has 176 valence electrons. The van der Waals surface area contributed by atoms with Crippen LogP contribution in [0, 0.1) is 13.8 Å². The highest BCUT2D eigenvalue weighted by Crippen LogP contribution is 2.46. The Bertz CT molecular complexity index is 1200. The van der Waals surface area contributed by atoms with Gasteiger partial charge in [-0.25, -0.2) is 9.79 Å². The van der Waals surface area contributed by atoms with E-state index in [1.54, 1.807) is 0 Å². The lowest BCUT2D eigenvalue weighted by Crippen LogP contribution is -2.38. The van der Waals surface area contributed by atoms with Gasteiger partial charge in [0.15, 0.2) is 5.17 Å². The molecular formula is C27H29N3O3S. The molecule has 34 heavy (non-hydrogen) atoms. The first-order chi connectivity index (χ1) is 16.4. The van der Waals surface area contributed by atoms with Crippen LogP contribution in [0.3, 0.4) is 0 Å². The number of amides is 1. The van der Waals surface area contributed by atoms with Crippen molar-refractivity contribution in [3.05, 3.63) is 93.2 Å². The summed E-state index contributed by atoms with van der Waals surface area (Å²) in [7, 11) is 1.40. The van der Waals surface area contributed by atoms with Crippen LogP contribution in [0.15, 0.2) is 75.9 Å². The van der Waals surface area contributed by atoms with Crippen LogP contribution in [-0.2, 0) is 20.9 Å². The number of ether oxygens (including phenoxy) is 1. The molecule has 0 saturated carbocycles. The van der Waals surface area contributed by atoms with Gasteiger partial charge in [0.1, 0.15) is 0 Å². The molecule has 2 aliphatic heterocycles. The number of aryl methyl sites for hydroxylation is 2. The smallest absolute Gasteiger partial charge is 0.338 e. The predicted octanol–water partition coefficient (Wildman–Crippen LogP) is 5.15. The van der Waals surface area contributed by atoms with Crippen molar-refractivity contribution in [2.24, 2.45) is 4.99 Å². The molecule has 2 aliphatic rings. The fourth-order valence-electron chi connectivity index (χ4n) is 4.28. The molecule has 0 radical (unpaired) electrons. The van der Waals surface area contributed by atoms with Crippen LogP contribution in [0.5, 0.6) is 0 Å². The summed E-state index contributed by atoms with van der Waals surface area (Å²) in [6.45, 7) is 6.54. The van der Waals surface area contributed by atoms with Crippen molar-refractivity contribution in [1.82, 2.24) is 10.2 Å². The minimum Gasteiger partial charge on any atom is -0.466 e. The van der Waals surface area contributed by atoms with E-state index in [9.17, 15) is 9.59 Å². The Morgan fingerprint density at radius 2 is 1.91 bits per heavy atom. The summed E-state index contributed by atoms with van der Waals surface area (Å²) < 4.78 is 5.20. The zero-order chi connectivity index (χ0) is 24.2. The number of hydrogen-bond acceptors (Lipinski definition) is 6. The van der Waals surface area contributed by atoms with E-state index in [0.717, 1.165) is 38.8 Å². The number of nitrogens with zero attached hydrogens (tertiary/aromatic N) is 2. The number of aliphatic imine (C=N–C) groups is 1. The van der Waals surface area contributed by atoms with E-state index >= 15 is 0 Å². The van der Waals surface area contributed by atoms with E-state index in [1.807, 2.05) is 61.4 Å². The molecule has 1 N–H and O–H groups in total. The highest BCUT2D eigenvalue weighted by atomic mass is 32.2. The summed E-state index contributed by atoms with van der Waals surface area (Å²) in [6, 6.07) is 15.7. The molecule has 2 aromatic carbocycles. The standard InChI is InChI=1S/C27H29N3O3S/c1-5-22-24(26(32)33-4)25(21-13-17(2)11-12-18(21)3)30-20(16-34-27(30)29-22)14-23(31)28-15-19-9-7-6-8-10-19/h6-13,16,25H,5,14-15H2,1-4H3,(H,28,31). The Morgan fingerprint density at radius 3 is 2.62 bits per heavy atom. The van der Waals surface area contributed by atoms with Gasteiger partial charge in [-0.1, -0.05) is 72.8 Å². The summed E-state index contributed by atoms with van der Waals surface area (Å²) in [6.07, 6.45) is 0.798. The maximum absolute atomic E-state index is 13.0. The molecule has 0 bridgehead atoms. The largest absolute Gasteiger partial charge is 0.466 e. The number of benzene rings is 2. The third-order valence-electron chi connectivity index (χ3n) is 6.03. The van der Waals surface area contributed by atoms with Crippen LogP contribution < -0.4 is 5.32 Å². The normalized spacial score (nSPS) is 17.2. The van der Waals surface area contributed by atoms with Crippen molar-refractivity contribution < 1.29 is 14.3 Å². The molecule has 1 amide bonds. The fraction of sp³-hybridized carbons (Fsp3) is 0.296. The maximum Gasteiger partial charge on any atom is 0.338 e. The SMILES string of the molecule is CCC1=C(C(=O)OC)C(c2cc(C)ccc2C)N2C(CC(=O)NCc3ccccc3)=CSC2=N1. The summed E-state index contributed by atoms with van der Waals surface area (Å²) in [5.41, 5.74) is 6.29. The number of rotatable bonds is 7. The average molecular weight is 476 g/mol. The van der Waals surface area contributed by atoms with Crippen molar-refractivity contribution >= 4 is 28.8 Å². The molecule has 6 nitrogen and oxygen atoms in total. The number of fused-ring (bicyclic) bond motifs is 1. The van der Waals surface area contributed by atoms with Gasteiger partial charge in [0.2, 0.25) is 5.91 Å². The van der Waals surface area contributed by atoms with Crippen LogP contribution in [0.4, 0.5) is 0 Å². The zero-order valence-corrected chi connectivity index (χ0v) is 20.7. The Morgan fingerprint density at radius 1 is 1.15 bits per heavy atom. The summed E-state index contributed by atoms with van der Waals surface area (Å²) in [5, 5.41) is 5.75. The number of amidine groups is 1. The number of esters is 1. The number of allylic oxidation sites excluding steroid dienone is 1. The van der Waals surface area contributed by atoms with Gasteiger partial charge in [-0.3, -0.25) is 4.79 Å². The first-order valence-corrected chi connectivity index (χ1v) is 12.2. The van der Waals surface area contributed by atoms with Crippen molar-refractivity contribution in [1.29, 1.82) is 0 Å². The van der Waals surface area contributed by atoms with Gasteiger partial charge in [0.05, 0.1) is 30.8 Å². The number of thioether (sulfide) groups is 1. The van der Waals surface area contributed by atoms with E-state index in [-0.39, 0.29) is 12.3 Å². The summed E-state index contributed by atoms with van der Waals surface area (Å²) >= 11 is 1.49. The fourth-order valence-corrected chi connectivity index (χ4v) is 5.22. The Balaban J connectivity index is 1.67. The maximum atomic E-state index is 13.0. The molecular weight excluding hydrogens is 446 g/mol. The highest BCUT2D eigenvalue weighted by Gasteiger charge is 2.42. The highest BCUT2D eigenvalue weighted by molar-refractivity contribution is 8.16. The minimum atomic E-state index is -0.405. The average Bonchev–Trinajstić information content (AvgIpc) is 3.25. The molecule has 0 fully saturated rings.